The first kappa shape index (κ1) is 16.7. The Labute approximate surface area is 142 Å². The van der Waals surface area contributed by atoms with Gasteiger partial charge in [-0.3, -0.25) is 18.7 Å². The van der Waals surface area contributed by atoms with Crippen molar-refractivity contribution < 1.29 is 9.53 Å². The molecule has 0 fully saturated rings. The molecule has 130 valence electrons. The molecule has 0 unspecified atom stereocenters. The summed E-state index contributed by atoms with van der Waals surface area (Å²) in [5, 5.41) is 0. The highest BCUT2D eigenvalue weighted by Crippen LogP contribution is 2.11. The lowest BCUT2D eigenvalue weighted by Crippen LogP contribution is -2.37. The minimum Gasteiger partial charge on any atom is -0.427 e. The Morgan fingerprint density at radius 3 is 2.56 bits per heavy atom. The van der Waals surface area contributed by atoms with Crippen LogP contribution >= 0.6 is 0 Å². The van der Waals surface area contributed by atoms with E-state index in [0.717, 1.165) is 4.57 Å². The van der Waals surface area contributed by atoms with Gasteiger partial charge < -0.3 is 9.30 Å². The van der Waals surface area contributed by atoms with Gasteiger partial charge in [-0.1, -0.05) is 18.2 Å². The molecule has 0 bridgehead atoms. The van der Waals surface area contributed by atoms with E-state index in [1.807, 2.05) is 6.07 Å². The van der Waals surface area contributed by atoms with Gasteiger partial charge in [-0.15, -0.1) is 0 Å². The highest BCUT2D eigenvalue weighted by atomic mass is 16.5. The number of carbonyl (C=O) groups is 1. The fourth-order valence-corrected chi connectivity index (χ4v) is 2.63. The van der Waals surface area contributed by atoms with Crippen LogP contribution in [0.1, 0.15) is 12.8 Å². The fraction of sp³-hybridized carbons (Fsp3) is 0.294. The maximum Gasteiger partial charge on any atom is 0.332 e. The van der Waals surface area contributed by atoms with Gasteiger partial charge in [0.25, 0.3) is 5.56 Å². The summed E-state index contributed by atoms with van der Waals surface area (Å²) in [6.07, 6.45) is 2.21. The fourth-order valence-electron chi connectivity index (χ4n) is 2.63. The van der Waals surface area contributed by atoms with Gasteiger partial charge in [-0.05, 0) is 18.6 Å². The summed E-state index contributed by atoms with van der Waals surface area (Å²) in [4.78, 5) is 40.2. The van der Waals surface area contributed by atoms with Crippen molar-refractivity contribution in [3.8, 4) is 5.75 Å². The van der Waals surface area contributed by atoms with Crippen LogP contribution in [0, 0.1) is 0 Å². The van der Waals surface area contributed by atoms with Crippen LogP contribution in [0.5, 0.6) is 5.75 Å². The predicted octanol–water partition coefficient (Wildman–Crippen LogP) is 0.819. The summed E-state index contributed by atoms with van der Waals surface area (Å²) in [7, 11) is 3.00. The maximum atomic E-state index is 12.3. The van der Waals surface area contributed by atoms with Crippen LogP contribution in [0.4, 0.5) is 0 Å². The lowest BCUT2D eigenvalue weighted by atomic mass is 10.3. The van der Waals surface area contributed by atoms with E-state index in [9.17, 15) is 14.4 Å². The first-order valence-electron chi connectivity index (χ1n) is 7.85. The van der Waals surface area contributed by atoms with E-state index in [4.69, 9.17) is 4.74 Å². The zero-order valence-electron chi connectivity index (χ0n) is 14.0. The number of hydrogen-bond acceptors (Lipinski definition) is 5. The molecule has 0 N–H and O–H groups in total. The molecule has 3 rings (SSSR count). The Hall–Kier alpha value is -3.16. The van der Waals surface area contributed by atoms with E-state index in [0.29, 0.717) is 29.9 Å². The maximum absolute atomic E-state index is 12.3. The Kier molecular flexibility index (Phi) is 4.51. The van der Waals surface area contributed by atoms with E-state index in [-0.39, 0.29) is 12.4 Å². The summed E-state index contributed by atoms with van der Waals surface area (Å²) in [5.74, 6) is 0.167. The molecule has 2 aromatic heterocycles. The van der Waals surface area contributed by atoms with Crippen LogP contribution in [0.2, 0.25) is 0 Å². The summed E-state index contributed by atoms with van der Waals surface area (Å²) in [5.41, 5.74) is -0.141. The highest BCUT2D eigenvalue weighted by Gasteiger charge is 2.14. The van der Waals surface area contributed by atoms with Gasteiger partial charge in [-0.25, -0.2) is 9.78 Å². The van der Waals surface area contributed by atoms with Crippen LogP contribution < -0.4 is 16.0 Å². The average Bonchev–Trinajstić information content (AvgIpc) is 3.03. The SMILES string of the molecule is Cn1c(=O)c2c(ncn2CCCC(=O)Oc2ccccc2)n(C)c1=O. The van der Waals surface area contributed by atoms with E-state index >= 15 is 0 Å². The van der Waals surface area contributed by atoms with Crippen LogP contribution in [0.25, 0.3) is 11.2 Å². The molecule has 0 aliphatic rings. The second-order valence-corrected chi connectivity index (χ2v) is 5.71. The lowest BCUT2D eigenvalue weighted by molar-refractivity contribution is -0.134. The average molecular weight is 342 g/mol. The molecule has 0 aliphatic carbocycles. The minimum atomic E-state index is -0.422. The van der Waals surface area contributed by atoms with Crippen molar-refractivity contribution in [1.82, 2.24) is 18.7 Å². The Balaban J connectivity index is 1.71. The van der Waals surface area contributed by atoms with Crippen molar-refractivity contribution in [1.29, 1.82) is 0 Å². The molecule has 1 aromatic carbocycles. The predicted molar refractivity (Wildman–Crippen MR) is 91.5 cm³/mol. The molecule has 0 radical (unpaired) electrons. The first-order chi connectivity index (χ1) is 12.0. The quantitative estimate of drug-likeness (QED) is 0.506. The molecule has 0 spiro atoms. The third-order valence-electron chi connectivity index (χ3n) is 3.97. The second kappa shape index (κ2) is 6.76. The minimum absolute atomic E-state index is 0.209. The molecular formula is C17H18N4O4. The zero-order chi connectivity index (χ0) is 18.0. The largest absolute Gasteiger partial charge is 0.427 e. The van der Waals surface area contributed by atoms with Crippen LogP contribution in [-0.2, 0) is 25.4 Å². The van der Waals surface area contributed by atoms with Crippen LogP contribution in [-0.4, -0.2) is 24.7 Å². The van der Waals surface area contributed by atoms with Gasteiger partial charge in [0.15, 0.2) is 11.2 Å². The molecule has 0 saturated heterocycles. The van der Waals surface area contributed by atoms with Gasteiger partial charge in [0.2, 0.25) is 0 Å². The van der Waals surface area contributed by atoms with E-state index in [1.165, 1.54) is 17.9 Å². The van der Waals surface area contributed by atoms with Crippen molar-refractivity contribution in [2.24, 2.45) is 14.1 Å². The zero-order valence-corrected chi connectivity index (χ0v) is 14.0. The van der Waals surface area contributed by atoms with Crippen molar-refractivity contribution >= 4 is 17.1 Å². The molecule has 8 nitrogen and oxygen atoms in total. The summed E-state index contributed by atoms with van der Waals surface area (Å²) in [6.45, 7) is 0.424. The normalized spacial score (nSPS) is 11.0. The number of rotatable bonds is 5. The topological polar surface area (TPSA) is 88.1 Å². The van der Waals surface area contributed by atoms with Crippen molar-refractivity contribution in [2.45, 2.75) is 19.4 Å². The van der Waals surface area contributed by atoms with Crippen LogP contribution in [0.15, 0.2) is 46.2 Å². The number of fused-ring (bicyclic) bond motifs is 1. The number of hydrogen-bond donors (Lipinski definition) is 0. The summed E-state index contributed by atoms with van der Waals surface area (Å²) >= 11 is 0. The third kappa shape index (κ3) is 3.23. The molecule has 0 atom stereocenters. The highest BCUT2D eigenvalue weighted by molar-refractivity contribution is 5.72. The second-order valence-electron chi connectivity index (χ2n) is 5.71. The molecule has 0 saturated carbocycles. The number of esters is 1. The van der Waals surface area contributed by atoms with Gasteiger partial charge >= 0.3 is 11.7 Å². The standard InChI is InChI=1S/C17H18N4O4/c1-19-15-14(16(23)20(2)17(19)24)21(11-18-15)10-6-9-13(22)25-12-7-4-3-5-8-12/h3-5,7-8,11H,6,9-10H2,1-2H3. The van der Waals surface area contributed by atoms with Crippen molar-refractivity contribution in [2.75, 3.05) is 0 Å². The number of benzene rings is 1. The summed E-state index contributed by atoms with van der Waals surface area (Å²) < 4.78 is 9.26. The molecule has 0 amide bonds. The van der Waals surface area contributed by atoms with Gasteiger partial charge in [-0.2, -0.15) is 0 Å². The van der Waals surface area contributed by atoms with Gasteiger partial charge in [0, 0.05) is 27.1 Å². The number of ether oxygens (including phenoxy) is 1. The monoisotopic (exact) mass is 342 g/mol. The molecule has 2 heterocycles. The van der Waals surface area contributed by atoms with Gasteiger partial charge in [0.1, 0.15) is 5.75 Å². The Morgan fingerprint density at radius 2 is 1.84 bits per heavy atom. The van der Waals surface area contributed by atoms with Gasteiger partial charge in [0.05, 0.1) is 6.33 Å². The molecule has 3 aromatic rings. The lowest BCUT2D eigenvalue weighted by Gasteiger charge is -2.07. The number of aromatic nitrogens is 4. The number of para-hydroxylation sites is 1. The van der Waals surface area contributed by atoms with E-state index < -0.39 is 11.2 Å². The Morgan fingerprint density at radius 1 is 1.12 bits per heavy atom. The number of carbonyl (C=O) groups excluding carboxylic acids is 1. The Bertz CT molecular complexity index is 1030. The van der Waals surface area contributed by atoms with E-state index in [2.05, 4.69) is 4.98 Å². The van der Waals surface area contributed by atoms with Crippen molar-refractivity contribution in [3.05, 3.63) is 57.5 Å². The first-order valence-corrected chi connectivity index (χ1v) is 7.85. The van der Waals surface area contributed by atoms with E-state index in [1.54, 1.807) is 35.9 Å². The molecule has 0 aliphatic heterocycles. The smallest absolute Gasteiger partial charge is 0.332 e. The number of nitrogens with zero attached hydrogens (tertiary/aromatic N) is 4. The third-order valence-corrected chi connectivity index (χ3v) is 3.97. The number of aryl methyl sites for hydroxylation is 2. The number of imidazole rings is 1. The van der Waals surface area contributed by atoms with Crippen LogP contribution in [0.3, 0.4) is 0 Å². The molecule has 25 heavy (non-hydrogen) atoms. The molecule has 8 heteroatoms. The summed E-state index contributed by atoms with van der Waals surface area (Å²) in [6, 6.07) is 8.85. The molecular weight excluding hydrogens is 324 g/mol. The van der Waals surface area contributed by atoms with Crippen molar-refractivity contribution in [3.63, 3.8) is 0 Å².